The van der Waals surface area contributed by atoms with Crippen LogP contribution >= 0.6 is 0 Å². The molecule has 1 aliphatic heterocycles. The van der Waals surface area contributed by atoms with E-state index < -0.39 is 0 Å². The van der Waals surface area contributed by atoms with E-state index in [1.807, 2.05) is 0 Å². The highest BCUT2D eigenvalue weighted by Crippen LogP contribution is 2.40. The third-order valence-electron chi connectivity index (χ3n) is 7.09. The van der Waals surface area contributed by atoms with Crippen LogP contribution in [0.25, 0.3) is 0 Å². The standard InChI is InChI=1S/C27H42N2O2/c1-5-8-9-10-22(13-14-28)25(16-20(6-2)15-21(7-3)19-31-4)23-11-12-26-24(17-23)18-27(30)29-26/h11-12,17,20-22,25H,5-10,13,15-16,18-19H2,1-4H3,(H,29,30). The number of benzene rings is 1. The van der Waals surface area contributed by atoms with Gasteiger partial charge in [0.15, 0.2) is 0 Å². The fourth-order valence-electron chi connectivity index (χ4n) is 5.15. The largest absolute Gasteiger partial charge is 0.384 e. The summed E-state index contributed by atoms with van der Waals surface area (Å²) in [6.45, 7) is 7.60. The second-order valence-electron chi connectivity index (χ2n) is 9.34. The number of rotatable bonds is 15. The monoisotopic (exact) mass is 426 g/mol. The number of carbonyl (C=O) groups is 1. The molecule has 4 heteroatoms. The molecule has 1 aromatic carbocycles. The van der Waals surface area contributed by atoms with E-state index in [0.717, 1.165) is 43.5 Å². The summed E-state index contributed by atoms with van der Waals surface area (Å²) in [6, 6.07) is 8.98. The highest BCUT2D eigenvalue weighted by Gasteiger charge is 2.28. The van der Waals surface area contributed by atoms with Crippen LogP contribution in [0.2, 0.25) is 0 Å². The molecule has 4 unspecified atom stereocenters. The molecule has 0 fully saturated rings. The average Bonchev–Trinajstić information content (AvgIpc) is 3.14. The van der Waals surface area contributed by atoms with E-state index in [0.29, 0.717) is 36.5 Å². The predicted octanol–water partition coefficient (Wildman–Crippen LogP) is 6.85. The first-order valence-corrected chi connectivity index (χ1v) is 12.3. The summed E-state index contributed by atoms with van der Waals surface area (Å²) >= 11 is 0. The Hall–Kier alpha value is -1.86. The number of carbonyl (C=O) groups excluding carboxylic acids is 1. The Kier molecular flexibility index (Phi) is 11.1. The number of nitriles is 1. The van der Waals surface area contributed by atoms with E-state index in [-0.39, 0.29) is 5.91 Å². The molecule has 1 N–H and O–H groups in total. The van der Waals surface area contributed by atoms with Crippen molar-refractivity contribution >= 4 is 11.6 Å². The second kappa shape index (κ2) is 13.5. The molecule has 1 amide bonds. The minimum absolute atomic E-state index is 0.0806. The van der Waals surface area contributed by atoms with Crippen molar-refractivity contribution in [1.82, 2.24) is 0 Å². The molecule has 1 aromatic rings. The van der Waals surface area contributed by atoms with E-state index >= 15 is 0 Å². The lowest BCUT2D eigenvalue weighted by Crippen LogP contribution is -2.20. The number of nitrogens with one attached hydrogen (secondary N) is 1. The summed E-state index contributed by atoms with van der Waals surface area (Å²) in [5.41, 5.74) is 3.37. The summed E-state index contributed by atoms with van der Waals surface area (Å²) in [7, 11) is 1.79. The number of nitrogens with zero attached hydrogens (tertiary/aromatic N) is 1. The molecule has 0 bridgehead atoms. The van der Waals surface area contributed by atoms with Crippen LogP contribution in [0.15, 0.2) is 18.2 Å². The molecular formula is C27H42N2O2. The zero-order valence-corrected chi connectivity index (χ0v) is 20.1. The summed E-state index contributed by atoms with van der Waals surface area (Å²) in [5, 5.41) is 12.6. The van der Waals surface area contributed by atoms with Gasteiger partial charge >= 0.3 is 0 Å². The van der Waals surface area contributed by atoms with E-state index in [2.05, 4.69) is 50.4 Å². The lowest BCUT2D eigenvalue weighted by Gasteiger charge is -2.31. The van der Waals surface area contributed by atoms with Gasteiger partial charge in [0, 0.05) is 25.8 Å². The Bertz CT molecular complexity index is 724. The maximum atomic E-state index is 11.9. The van der Waals surface area contributed by atoms with Gasteiger partial charge in [0.05, 0.1) is 12.5 Å². The van der Waals surface area contributed by atoms with Crippen LogP contribution in [-0.2, 0) is 16.0 Å². The van der Waals surface area contributed by atoms with Gasteiger partial charge in [-0.2, -0.15) is 5.26 Å². The van der Waals surface area contributed by atoms with Crippen molar-refractivity contribution in [2.75, 3.05) is 19.0 Å². The number of ether oxygens (including phenoxy) is 1. The quantitative estimate of drug-likeness (QED) is 0.312. The maximum Gasteiger partial charge on any atom is 0.228 e. The first kappa shape index (κ1) is 25.4. The normalized spacial score (nSPS) is 16.8. The van der Waals surface area contributed by atoms with Gasteiger partial charge in [0.25, 0.3) is 0 Å². The first-order valence-electron chi connectivity index (χ1n) is 12.3. The molecule has 2 rings (SSSR count). The van der Waals surface area contributed by atoms with Crippen LogP contribution in [0.4, 0.5) is 5.69 Å². The van der Waals surface area contributed by atoms with Crippen molar-refractivity contribution in [3.05, 3.63) is 29.3 Å². The fraction of sp³-hybridized carbons (Fsp3) is 0.704. The Morgan fingerprint density at radius 3 is 2.55 bits per heavy atom. The SMILES string of the molecule is CCCCCC(CC#N)C(CC(CC)CC(CC)COC)c1ccc2c(c1)CC(=O)N2. The van der Waals surface area contributed by atoms with Crippen LogP contribution in [0, 0.1) is 29.1 Å². The molecule has 0 spiro atoms. The topological polar surface area (TPSA) is 62.1 Å². The Balaban J connectivity index is 2.28. The number of amides is 1. The number of fused-ring (bicyclic) bond motifs is 1. The van der Waals surface area contributed by atoms with Gasteiger partial charge in [-0.25, -0.2) is 0 Å². The number of anilines is 1. The minimum atomic E-state index is 0.0806. The number of hydrogen-bond acceptors (Lipinski definition) is 3. The molecule has 172 valence electrons. The number of methoxy groups -OCH3 is 1. The molecular weight excluding hydrogens is 384 g/mol. The van der Waals surface area contributed by atoms with Crippen molar-refractivity contribution < 1.29 is 9.53 Å². The number of unbranched alkanes of at least 4 members (excludes halogenated alkanes) is 2. The molecule has 4 atom stereocenters. The Labute approximate surface area is 189 Å². The van der Waals surface area contributed by atoms with Gasteiger partial charge in [0.2, 0.25) is 5.91 Å². The molecule has 0 aliphatic carbocycles. The van der Waals surface area contributed by atoms with Crippen LogP contribution in [0.5, 0.6) is 0 Å². The van der Waals surface area contributed by atoms with Crippen molar-refractivity contribution in [1.29, 1.82) is 5.26 Å². The van der Waals surface area contributed by atoms with Gasteiger partial charge in [-0.1, -0.05) is 65.0 Å². The molecule has 0 saturated carbocycles. The summed E-state index contributed by atoms with van der Waals surface area (Å²) in [6.07, 6.45) is 10.4. The lowest BCUT2D eigenvalue weighted by molar-refractivity contribution is -0.115. The van der Waals surface area contributed by atoms with Crippen LogP contribution < -0.4 is 5.32 Å². The Morgan fingerprint density at radius 1 is 1.13 bits per heavy atom. The first-order chi connectivity index (χ1) is 15.1. The summed E-state index contributed by atoms with van der Waals surface area (Å²) < 4.78 is 5.46. The number of hydrogen-bond donors (Lipinski definition) is 1. The molecule has 0 saturated heterocycles. The molecule has 1 heterocycles. The van der Waals surface area contributed by atoms with Crippen molar-refractivity contribution in [2.45, 2.75) is 90.9 Å². The third kappa shape index (κ3) is 7.65. The minimum Gasteiger partial charge on any atom is -0.384 e. The van der Waals surface area contributed by atoms with Gasteiger partial charge in [-0.3, -0.25) is 4.79 Å². The van der Waals surface area contributed by atoms with E-state index in [9.17, 15) is 10.1 Å². The Morgan fingerprint density at radius 2 is 1.90 bits per heavy atom. The highest BCUT2D eigenvalue weighted by molar-refractivity contribution is 5.99. The van der Waals surface area contributed by atoms with Gasteiger partial charge in [-0.15, -0.1) is 0 Å². The summed E-state index contributed by atoms with van der Waals surface area (Å²) in [4.78, 5) is 11.9. The van der Waals surface area contributed by atoms with E-state index in [4.69, 9.17) is 4.74 Å². The molecule has 31 heavy (non-hydrogen) atoms. The molecule has 1 aliphatic rings. The van der Waals surface area contributed by atoms with Gasteiger partial charge < -0.3 is 10.1 Å². The van der Waals surface area contributed by atoms with Crippen molar-refractivity contribution in [3.8, 4) is 6.07 Å². The van der Waals surface area contributed by atoms with Crippen molar-refractivity contribution in [2.24, 2.45) is 17.8 Å². The summed E-state index contributed by atoms with van der Waals surface area (Å²) in [5.74, 6) is 2.02. The van der Waals surface area contributed by atoms with Gasteiger partial charge in [0.1, 0.15) is 0 Å². The lowest BCUT2D eigenvalue weighted by atomic mass is 9.73. The van der Waals surface area contributed by atoms with Gasteiger partial charge in [-0.05, 0) is 60.1 Å². The van der Waals surface area contributed by atoms with E-state index in [1.165, 1.54) is 31.2 Å². The zero-order chi connectivity index (χ0) is 22.6. The van der Waals surface area contributed by atoms with E-state index in [1.54, 1.807) is 7.11 Å². The van der Waals surface area contributed by atoms with Crippen LogP contribution in [0.3, 0.4) is 0 Å². The molecule has 0 aromatic heterocycles. The molecule has 4 nitrogen and oxygen atoms in total. The highest BCUT2D eigenvalue weighted by atomic mass is 16.5. The van der Waals surface area contributed by atoms with Crippen LogP contribution in [0.1, 0.15) is 95.6 Å². The van der Waals surface area contributed by atoms with Crippen LogP contribution in [-0.4, -0.2) is 19.6 Å². The zero-order valence-electron chi connectivity index (χ0n) is 20.1. The fourth-order valence-corrected chi connectivity index (χ4v) is 5.15. The second-order valence-corrected chi connectivity index (χ2v) is 9.34. The third-order valence-corrected chi connectivity index (χ3v) is 7.09. The molecule has 0 radical (unpaired) electrons. The maximum absolute atomic E-state index is 11.9. The average molecular weight is 427 g/mol. The van der Waals surface area contributed by atoms with Crippen molar-refractivity contribution in [3.63, 3.8) is 0 Å². The smallest absolute Gasteiger partial charge is 0.228 e. The predicted molar refractivity (Wildman–Crippen MR) is 128 cm³/mol.